The molecule has 0 aromatic rings. The number of Topliss-reactive ketones (excluding diaryl/α,β-unsaturated/α-hetero) is 1. The number of nitrogens with zero attached hydrogens (tertiary/aromatic N) is 1. The van der Waals surface area contributed by atoms with Gasteiger partial charge in [-0.25, -0.2) is 0 Å². The Bertz CT molecular complexity index is 662. The summed E-state index contributed by atoms with van der Waals surface area (Å²) in [7, 11) is 0. The molecule has 3 fully saturated rings. The van der Waals surface area contributed by atoms with Crippen molar-refractivity contribution in [2.45, 2.75) is 71.3 Å². The summed E-state index contributed by atoms with van der Waals surface area (Å²) in [5, 5.41) is 10.8. The van der Waals surface area contributed by atoms with Crippen LogP contribution in [-0.4, -0.2) is 17.0 Å². The Morgan fingerprint density at radius 2 is 1.88 bits per heavy atom. The van der Waals surface area contributed by atoms with Gasteiger partial charge in [-0.1, -0.05) is 25.4 Å². The van der Waals surface area contributed by atoms with E-state index in [9.17, 15) is 14.9 Å². The van der Waals surface area contributed by atoms with E-state index in [1.165, 1.54) is 5.57 Å². The molecule has 0 amide bonds. The molecule has 6 heteroatoms. The fourth-order valence-electron chi connectivity index (χ4n) is 6.88. The molecule has 4 aliphatic rings. The van der Waals surface area contributed by atoms with Crippen LogP contribution in [0.5, 0.6) is 0 Å². The highest BCUT2D eigenvalue weighted by atomic mass is 35.5. The molecule has 0 bridgehead atoms. The van der Waals surface area contributed by atoms with Crippen LogP contribution in [0, 0.1) is 38.7 Å². The maximum Gasteiger partial charge on any atom is 0.294 e. The molecule has 25 heavy (non-hydrogen) atoms. The van der Waals surface area contributed by atoms with Crippen LogP contribution in [0.3, 0.4) is 0 Å². The van der Waals surface area contributed by atoms with E-state index < -0.39 is 5.09 Å². The van der Waals surface area contributed by atoms with Crippen molar-refractivity contribution in [3.05, 3.63) is 20.7 Å². The fourth-order valence-corrected chi connectivity index (χ4v) is 7.28. The first kappa shape index (κ1) is 17.3. The second-order valence-corrected chi connectivity index (χ2v) is 9.37. The van der Waals surface area contributed by atoms with Gasteiger partial charge in [0.25, 0.3) is 5.09 Å². The van der Waals surface area contributed by atoms with Gasteiger partial charge in [0.15, 0.2) is 5.78 Å². The van der Waals surface area contributed by atoms with Crippen molar-refractivity contribution < 1.29 is 14.7 Å². The topological polar surface area (TPSA) is 69.4 Å². The highest BCUT2D eigenvalue weighted by Crippen LogP contribution is 2.66. The first-order valence-electron chi connectivity index (χ1n) is 9.51. The van der Waals surface area contributed by atoms with Crippen LogP contribution in [-0.2, 0) is 9.63 Å². The molecule has 0 aromatic heterocycles. The van der Waals surface area contributed by atoms with Crippen LogP contribution in [0.1, 0.15) is 65.2 Å². The van der Waals surface area contributed by atoms with E-state index in [4.69, 9.17) is 16.4 Å². The monoisotopic (exact) mass is 367 g/mol. The van der Waals surface area contributed by atoms with E-state index in [2.05, 4.69) is 13.8 Å². The summed E-state index contributed by atoms with van der Waals surface area (Å²) in [6.07, 6.45) is 6.93. The van der Waals surface area contributed by atoms with E-state index in [0.29, 0.717) is 29.2 Å². The molecule has 4 aliphatic carbocycles. The molecular formula is C19H26ClNO4. The fraction of sp³-hybridized carbons (Fsp3) is 0.842. The van der Waals surface area contributed by atoms with E-state index in [1.54, 1.807) is 0 Å². The zero-order chi connectivity index (χ0) is 18.0. The smallest absolute Gasteiger partial charge is 0.294 e. The molecule has 4 rings (SSSR count). The molecule has 0 aromatic carbocycles. The lowest BCUT2D eigenvalue weighted by Crippen LogP contribution is -2.52. The predicted molar refractivity (Wildman–Crippen MR) is 93.4 cm³/mol. The lowest BCUT2D eigenvalue weighted by molar-refractivity contribution is -0.772. The number of halogens is 1. The summed E-state index contributed by atoms with van der Waals surface area (Å²) in [4.78, 5) is 28.0. The number of rotatable bonds is 2. The second kappa shape index (κ2) is 5.70. The van der Waals surface area contributed by atoms with Gasteiger partial charge in [0.05, 0.1) is 5.03 Å². The molecule has 0 radical (unpaired) electrons. The quantitative estimate of drug-likeness (QED) is 0.525. The first-order valence-corrected chi connectivity index (χ1v) is 9.88. The minimum absolute atomic E-state index is 0.0251. The number of carbonyl (C=O) groups excluding carboxylic acids is 1. The zero-order valence-corrected chi connectivity index (χ0v) is 15.7. The van der Waals surface area contributed by atoms with Crippen molar-refractivity contribution in [2.75, 3.05) is 0 Å². The Kier molecular flexibility index (Phi) is 3.95. The first-order chi connectivity index (χ1) is 11.8. The highest BCUT2D eigenvalue weighted by molar-refractivity contribution is 6.43. The van der Waals surface area contributed by atoms with Crippen LogP contribution in [0.15, 0.2) is 10.6 Å². The van der Waals surface area contributed by atoms with Crippen LogP contribution < -0.4 is 0 Å². The Hall–Kier alpha value is -1.10. The molecule has 0 N–H and O–H groups in total. The number of hydrogen-bond acceptors (Lipinski definition) is 4. The molecule has 0 aliphatic heterocycles. The third-order valence-electron chi connectivity index (χ3n) is 8.18. The van der Waals surface area contributed by atoms with Crippen LogP contribution >= 0.6 is 11.6 Å². The van der Waals surface area contributed by atoms with E-state index in [0.717, 1.165) is 44.9 Å². The number of hydrogen-bond donors (Lipinski definition) is 0. The Morgan fingerprint density at radius 1 is 1.12 bits per heavy atom. The third-order valence-corrected chi connectivity index (χ3v) is 8.62. The highest BCUT2D eigenvalue weighted by Gasteiger charge is 2.60. The number of allylic oxidation sites excluding steroid dienone is 1. The van der Waals surface area contributed by atoms with Crippen molar-refractivity contribution in [3.8, 4) is 0 Å². The molecule has 3 saturated carbocycles. The predicted octanol–water partition coefficient (Wildman–Crippen LogP) is 4.66. The third kappa shape index (κ3) is 2.37. The van der Waals surface area contributed by atoms with Gasteiger partial charge in [0, 0.05) is 6.42 Å². The van der Waals surface area contributed by atoms with Crippen molar-refractivity contribution in [1.29, 1.82) is 0 Å². The minimum atomic E-state index is -0.611. The van der Waals surface area contributed by atoms with Gasteiger partial charge >= 0.3 is 0 Å². The molecule has 138 valence electrons. The van der Waals surface area contributed by atoms with Crippen LogP contribution in [0.2, 0.25) is 0 Å². The summed E-state index contributed by atoms with van der Waals surface area (Å²) in [5.41, 5.74) is 1.11. The molecule has 0 spiro atoms. The van der Waals surface area contributed by atoms with Gasteiger partial charge in [-0.15, -0.1) is 10.1 Å². The van der Waals surface area contributed by atoms with E-state index in [-0.39, 0.29) is 22.7 Å². The largest absolute Gasteiger partial charge is 0.310 e. The van der Waals surface area contributed by atoms with Gasteiger partial charge in [-0.05, 0) is 79.1 Å². The standard InChI is InChI=1S/C19H26ClNO4/c1-18-10-8-15(22)17(20)14(18)4-3-11-12-5-6-16(25-21(23)24)19(12,2)9-7-13(11)18/h11-13,16H,3-10H2,1-2H3/t11-,12-,13-,16-,18+,19-/m0/s1. The van der Waals surface area contributed by atoms with E-state index in [1.807, 2.05) is 0 Å². The Morgan fingerprint density at radius 3 is 2.60 bits per heavy atom. The normalized spacial score (nSPS) is 46.3. The summed E-state index contributed by atoms with van der Waals surface area (Å²) in [6, 6.07) is 0. The Labute approximate surface area is 153 Å². The molecular weight excluding hydrogens is 342 g/mol. The van der Waals surface area contributed by atoms with Crippen molar-refractivity contribution in [1.82, 2.24) is 0 Å². The molecule has 6 atom stereocenters. The van der Waals surface area contributed by atoms with Gasteiger partial charge in [0.1, 0.15) is 6.10 Å². The lowest BCUT2D eigenvalue weighted by Gasteiger charge is -2.58. The summed E-state index contributed by atoms with van der Waals surface area (Å²) in [5.74, 6) is 1.68. The maximum absolute atomic E-state index is 12.1. The van der Waals surface area contributed by atoms with E-state index >= 15 is 0 Å². The average molecular weight is 368 g/mol. The van der Waals surface area contributed by atoms with Crippen molar-refractivity contribution in [2.24, 2.45) is 28.6 Å². The van der Waals surface area contributed by atoms with Crippen molar-refractivity contribution >= 4 is 17.4 Å². The van der Waals surface area contributed by atoms with Gasteiger partial charge < -0.3 is 4.84 Å². The zero-order valence-electron chi connectivity index (χ0n) is 14.9. The van der Waals surface area contributed by atoms with Gasteiger partial charge in [-0.2, -0.15) is 0 Å². The number of ketones is 1. The average Bonchev–Trinajstić information content (AvgIpc) is 2.88. The SMILES string of the molecule is C[C@]12CC[C@H]3[C@@H](CCC4=C(Cl)C(=O)CC[C@@]43C)[C@@H]1CC[C@@H]2O[N+](=O)[O-]. The van der Waals surface area contributed by atoms with Crippen LogP contribution in [0.4, 0.5) is 0 Å². The van der Waals surface area contributed by atoms with Gasteiger partial charge in [0.2, 0.25) is 0 Å². The maximum atomic E-state index is 12.1. The number of carbonyl (C=O) groups is 1. The summed E-state index contributed by atoms with van der Waals surface area (Å²) in [6.45, 7) is 4.50. The summed E-state index contributed by atoms with van der Waals surface area (Å²) >= 11 is 6.42. The molecule has 0 saturated heterocycles. The Balaban J connectivity index is 1.65. The van der Waals surface area contributed by atoms with Crippen molar-refractivity contribution in [3.63, 3.8) is 0 Å². The van der Waals surface area contributed by atoms with Gasteiger partial charge in [-0.3, -0.25) is 4.79 Å². The second-order valence-electron chi connectivity index (χ2n) is 8.99. The summed E-state index contributed by atoms with van der Waals surface area (Å²) < 4.78 is 0. The number of fused-ring (bicyclic) bond motifs is 5. The lowest BCUT2D eigenvalue weighted by atomic mass is 9.47. The molecule has 0 heterocycles. The van der Waals surface area contributed by atoms with Crippen LogP contribution in [0.25, 0.3) is 0 Å². The molecule has 5 nitrogen and oxygen atoms in total. The minimum Gasteiger partial charge on any atom is -0.310 e. The molecule has 0 unspecified atom stereocenters.